The standard InChI is InChI=1S/C30H38Si.CH3Cl.Zr/c1-17(2)23-13-11-19(5)25-15-21(7)29(27(23)25)31(9,10)30-22(8)16-26-20(6)12-14-24(18(3)4)28(26)30;1-2;/h11-18H,1-10H3;1H3;/q-2;;+2. The van der Waals surface area contributed by atoms with Gasteiger partial charge in [0.2, 0.25) is 0 Å². The van der Waals surface area contributed by atoms with Gasteiger partial charge in [0.1, 0.15) is 0 Å². The molecule has 0 aliphatic carbocycles. The van der Waals surface area contributed by atoms with Crippen molar-refractivity contribution in [2.24, 2.45) is 0 Å². The molecule has 0 fully saturated rings. The molecule has 0 atom stereocenters. The van der Waals surface area contributed by atoms with E-state index in [0.29, 0.717) is 11.8 Å². The molecule has 0 unspecified atom stereocenters. The van der Waals surface area contributed by atoms with Crippen LogP contribution in [0.25, 0.3) is 21.5 Å². The van der Waals surface area contributed by atoms with Crippen molar-refractivity contribution < 1.29 is 26.2 Å². The van der Waals surface area contributed by atoms with Gasteiger partial charge in [0.25, 0.3) is 0 Å². The van der Waals surface area contributed by atoms with Crippen molar-refractivity contribution in [3.8, 4) is 0 Å². The summed E-state index contributed by atoms with van der Waals surface area (Å²) in [5.41, 5.74) is 8.80. The van der Waals surface area contributed by atoms with Gasteiger partial charge in [-0.05, 0) is 11.8 Å². The van der Waals surface area contributed by atoms with Crippen molar-refractivity contribution in [2.45, 2.75) is 80.3 Å². The summed E-state index contributed by atoms with van der Waals surface area (Å²) in [6.45, 7) is 23.8. The largest absolute Gasteiger partial charge is 2.00 e. The first-order chi connectivity index (χ1) is 15.5. The SMILES string of the molecule is CCl.Cc1[cH-]c2c(C)ccc(C(C)C)c2c1[Si](C)(C)c1c(C)[cH-]c2c(C)ccc(C(C)C)c12.[Zr+2]. The summed E-state index contributed by atoms with van der Waals surface area (Å²) in [6, 6.07) is 14.3. The molecule has 0 aliphatic rings. The molecule has 0 saturated heterocycles. The molecule has 0 N–H and O–H groups in total. The Balaban J connectivity index is 0.00000133. The van der Waals surface area contributed by atoms with Crippen LogP contribution in [0.4, 0.5) is 0 Å². The van der Waals surface area contributed by atoms with Gasteiger partial charge >= 0.3 is 26.2 Å². The molecule has 0 nitrogen and oxygen atoms in total. The summed E-state index contributed by atoms with van der Waals surface area (Å²) < 4.78 is 0. The Morgan fingerprint density at radius 2 is 0.971 bits per heavy atom. The first kappa shape index (κ1) is 29.3. The van der Waals surface area contributed by atoms with E-state index in [-0.39, 0.29) is 26.2 Å². The third-order valence-corrected chi connectivity index (χ3v) is 11.3. The summed E-state index contributed by atoms with van der Waals surface area (Å²) >= 11 is 4.64. The number of fused-ring (bicyclic) bond motifs is 2. The molecular weight excluding hydrogens is 527 g/mol. The molecule has 34 heavy (non-hydrogen) atoms. The molecule has 4 rings (SSSR count). The second kappa shape index (κ2) is 11.0. The van der Waals surface area contributed by atoms with Crippen LogP contribution in [0.1, 0.15) is 72.9 Å². The van der Waals surface area contributed by atoms with Crippen LogP contribution < -0.4 is 10.4 Å². The van der Waals surface area contributed by atoms with Gasteiger partial charge in [0.15, 0.2) is 0 Å². The van der Waals surface area contributed by atoms with E-state index in [9.17, 15) is 0 Å². The Kier molecular flexibility index (Phi) is 9.46. The molecule has 0 aliphatic heterocycles. The zero-order valence-electron chi connectivity index (χ0n) is 23.0. The minimum Gasteiger partial charge on any atom is -0.158 e. The van der Waals surface area contributed by atoms with Gasteiger partial charge in [-0.15, -0.1) is 79.7 Å². The van der Waals surface area contributed by atoms with E-state index in [0.717, 1.165) is 0 Å². The number of hydrogen-bond donors (Lipinski definition) is 0. The van der Waals surface area contributed by atoms with Crippen molar-refractivity contribution in [2.75, 3.05) is 6.38 Å². The van der Waals surface area contributed by atoms with Crippen LogP contribution in [0.15, 0.2) is 36.4 Å². The molecule has 0 amide bonds. The molecule has 0 saturated carbocycles. The van der Waals surface area contributed by atoms with Gasteiger partial charge in [-0.3, -0.25) is 0 Å². The summed E-state index contributed by atoms with van der Waals surface area (Å²) in [7, 11) is -1.97. The average Bonchev–Trinajstić information content (AvgIpc) is 3.28. The predicted molar refractivity (Wildman–Crippen MR) is 155 cm³/mol. The normalized spacial score (nSPS) is 11.8. The van der Waals surface area contributed by atoms with Crippen molar-refractivity contribution in [3.63, 3.8) is 0 Å². The maximum atomic E-state index is 4.64. The fraction of sp³-hybridized carbons (Fsp3) is 0.419. The summed E-state index contributed by atoms with van der Waals surface area (Å²) in [4.78, 5) is 0. The Labute approximate surface area is 233 Å². The van der Waals surface area contributed by atoms with Crippen LogP contribution in [-0.2, 0) is 26.2 Å². The molecule has 4 aromatic carbocycles. The fourth-order valence-corrected chi connectivity index (χ4v) is 10.3. The van der Waals surface area contributed by atoms with E-state index < -0.39 is 8.07 Å². The van der Waals surface area contributed by atoms with Crippen LogP contribution in [0.2, 0.25) is 13.1 Å². The van der Waals surface area contributed by atoms with Crippen LogP contribution in [0.5, 0.6) is 0 Å². The third kappa shape index (κ3) is 4.72. The van der Waals surface area contributed by atoms with Gasteiger partial charge in [-0.1, -0.05) is 91.7 Å². The van der Waals surface area contributed by atoms with Crippen LogP contribution >= 0.6 is 11.6 Å². The maximum absolute atomic E-state index is 4.64. The number of rotatable bonds is 4. The fourth-order valence-electron chi connectivity index (χ4n) is 6.08. The van der Waals surface area contributed by atoms with Crippen molar-refractivity contribution in [3.05, 3.63) is 69.8 Å². The molecule has 0 heterocycles. The Hall–Kier alpha value is -0.950. The molecule has 4 aromatic rings. The van der Waals surface area contributed by atoms with E-state index in [1.54, 1.807) is 21.1 Å². The van der Waals surface area contributed by atoms with Crippen molar-refractivity contribution >= 4 is 51.6 Å². The van der Waals surface area contributed by atoms with Gasteiger partial charge < -0.3 is 0 Å². The van der Waals surface area contributed by atoms with Crippen molar-refractivity contribution in [1.82, 2.24) is 0 Å². The number of hydrogen-bond acceptors (Lipinski definition) is 0. The van der Waals surface area contributed by atoms with E-state index in [4.69, 9.17) is 0 Å². The first-order valence-corrected chi connectivity index (χ1v) is 16.0. The number of alkyl halides is 1. The number of aryl methyl sites for hydroxylation is 4. The Bertz CT molecular complexity index is 1200. The smallest absolute Gasteiger partial charge is 0.158 e. The zero-order chi connectivity index (χ0) is 24.8. The quantitative estimate of drug-likeness (QED) is 0.131. The molecule has 0 spiro atoms. The van der Waals surface area contributed by atoms with E-state index in [1.165, 1.54) is 50.5 Å². The molecule has 0 bridgehead atoms. The molecule has 0 radical (unpaired) electrons. The van der Waals surface area contributed by atoms with Crippen LogP contribution in [-0.4, -0.2) is 14.5 Å². The minimum atomic E-state index is -1.97. The van der Waals surface area contributed by atoms with Crippen LogP contribution in [0, 0.1) is 27.7 Å². The Morgan fingerprint density at radius 3 is 1.26 bits per heavy atom. The number of halogens is 1. The molecule has 0 aromatic heterocycles. The Morgan fingerprint density at radius 1 is 0.647 bits per heavy atom. The second-order valence-electron chi connectivity index (χ2n) is 10.9. The van der Waals surface area contributed by atoms with Gasteiger partial charge in [0.05, 0.1) is 0 Å². The van der Waals surface area contributed by atoms with E-state index in [2.05, 4.69) is 116 Å². The predicted octanol–water partition coefficient (Wildman–Crippen LogP) is 8.59. The first-order valence-electron chi connectivity index (χ1n) is 12.2. The van der Waals surface area contributed by atoms with Crippen molar-refractivity contribution in [1.29, 1.82) is 0 Å². The molecule has 180 valence electrons. The van der Waals surface area contributed by atoms with E-state index in [1.807, 2.05) is 0 Å². The van der Waals surface area contributed by atoms with Gasteiger partial charge in [-0.2, -0.15) is 10.4 Å². The number of benzene rings is 2. The third-order valence-electron chi connectivity index (χ3n) is 7.50. The maximum Gasteiger partial charge on any atom is 2.00 e. The second-order valence-corrected chi connectivity index (χ2v) is 15.1. The zero-order valence-corrected chi connectivity index (χ0v) is 27.2. The summed E-state index contributed by atoms with van der Waals surface area (Å²) in [5, 5.41) is 9.35. The topological polar surface area (TPSA) is 0 Å². The minimum absolute atomic E-state index is 0. The molecular formula is C31H41ClSiZr. The van der Waals surface area contributed by atoms with Gasteiger partial charge in [-0.25, -0.2) is 0 Å². The monoisotopic (exact) mass is 566 g/mol. The summed E-state index contributed by atoms with van der Waals surface area (Å²) in [6.07, 6.45) is 1.47. The molecule has 3 heteroatoms. The average molecular weight is 568 g/mol. The van der Waals surface area contributed by atoms with E-state index >= 15 is 0 Å². The van der Waals surface area contributed by atoms with Gasteiger partial charge in [0, 0.05) is 14.5 Å². The summed E-state index contributed by atoms with van der Waals surface area (Å²) in [5.74, 6) is 1.05. The van der Waals surface area contributed by atoms with Crippen LogP contribution in [0.3, 0.4) is 0 Å².